The maximum atomic E-state index is 5.34. The zero-order valence-electron chi connectivity index (χ0n) is 12.3. The highest BCUT2D eigenvalue weighted by Crippen LogP contribution is 2.29. The Hall–Kier alpha value is -3.02. The summed E-state index contributed by atoms with van der Waals surface area (Å²) in [6.07, 6.45) is 0. The van der Waals surface area contributed by atoms with E-state index in [2.05, 4.69) is 20.5 Å². The Bertz CT molecular complexity index is 770. The molecule has 3 rings (SSSR count). The Morgan fingerprint density at radius 1 is 0.864 bits per heavy atom. The third-order valence-corrected chi connectivity index (χ3v) is 3.21. The first-order chi connectivity index (χ1) is 10.8. The zero-order chi connectivity index (χ0) is 15.4. The van der Waals surface area contributed by atoms with Crippen LogP contribution in [0.25, 0.3) is 11.4 Å². The number of benzene rings is 2. The number of nitrogens with one attached hydrogen (secondary N) is 2. The van der Waals surface area contributed by atoms with Gasteiger partial charge in [0.15, 0.2) is 5.82 Å². The monoisotopic (exact) mass is 296 g/mol. The summed E-state index contributed by atoms with van der Waals surface area (Å²) in [7, 11) is 3.25. The van der Waals surface area contributed by atoms with Crippen LogP contribution in [0.2, 0.25) is 0 Å². The summed E-state index contributed by atoms with van der Waals surface area (Å²) in [4.78, 5) is 3.14. The standard InChI is InChI=1S/C16H16N4O2/c1-21-13-9-5-3-7-11(13)15-18-16(20-19-15)17-12-8-4-6-10-14(12)22-2/h3-10H,1-2H3,(H2,17,18,19,20). The molecule has 0 radical (unpaired) electrons. The van der Waals surface area contributed by atoms with Crippen molar-refractivity contribution in [3.63, 3.8) is 0 Å². The molecule has 1 heterocycles. The molecule has 6 heteroatoms. The van der Waals surface area contributed by atoms with Gasteiger partial charge in [0.2, 0.25) is 5.95 Å². The molecule has 0 saturated heterocycles. The van der Waals surface area contributed by atoms with Crippen molar-refractivity contribution < 1.29 is 9.47 Å². The van der Waals surface area contributed by atoms with Gasteiger partial charge in [-0.05, 0) is 24.3 Å². The fraction of sp³-hybridized carbons (Fsp3) is 0.125. The van der Waals surface area contributed by atoms with Crippen molar-refractivity contribution in [3.8, 4) is 22.9 Å². The van der Waals surface area contributed by atoms with Crippen LogP contribution in [0.4, 0.5) is 11.6 Å². The topological polar surface area (TPSA) is 72.1 Å². The summed E-state index contributed by atoms with van der Waals surface area (Å²) in [5, 5.41) is 11.4. The Labute approximate surface area is 128 Å². The van der Waals surface area contributed by atoms with E-state index in [0.29, 0.717) is 11.8 Å². The number of H-pyrrole nitrogens is 1. The van der Waals surface area contributed by atoms with Crippen LogP contribution in [-0.4, -0.2) is 29.4 Å². The number of hydrogen-bond acceptors (Lipinski definition) is 5. The number of para-hydroxylation sites is 3. The van der Waals surface area contributed by atoms with Gasteiger partial charge in [0.05, 0.1) is 25.5 Å². The largest absolute Gasteiger partial charge is 0.496 e. The van der Waals surface area contributed by atoms with Gasteiger partial charge in [-0.15, -0.1) is 10.2 Å². The van der Waals surface area contributed by atoms with E-state index in [9.17, 15) is 0 Å². The predicted octanol–water partition coefficient (Wildman–Crippen LogP) is 3.23. The molecular formula is C16H16N4O2. The molecule has 0 aliphatic heterocycles. The van der Waals surface area contributed by atoms with Crippen LogP contribution >= 0.6 is 0 Å². The molecule has 0 aliphatic rings. The van der Waals surface area contributed by atoms with Crippen molar-refractivity contribution in [2.24, 2.45) is 0 Å². The summed E-state index contributed by atoms with van der Waals surface area (Å²) in [6.45, 7) is 0. The molecule has 0 amide bonds. The lowest BCUT2D eigenvalue weighted by atomic mass is 10.2. The summed E-state index contributed by atoms with van der Waals surface area (Å²) < 4.78 is 10.6. The second-order valence-corrected chi connectivity index (χ2v) is 4.55. The van der Waals surface area contributed by atoms with Gasteiger partial charge in [0.1, 0.15) is 11.5 Å². The van der Waals surface area contributed by atoms with Gasteiger partial charge in [-0.3, -0.25) is 0 Å². The van der Waals surface area contributed by atoms with E-state index in [1.807, 2.05) is 48.5 Å². The average molecular weight is 296 g/mol. The number of nitrogens with zero attached hydrogens (tertiary/aromatic N) is 2. The zero-order valence-corrected chi connectivity index (χ0v) is 12.3. The Morgan fingerprint density at radius 2 is 1.55 bits per heavy atom. The first kappa shape index (κ1) is 13.9. The van der Waals surface area contributed by atoms with Crippen molar-refractivity contribution in [2.45, 2.75) is 0 Å². The Morgan fingerprint density at radius 3 is 2.32 bits per heavy atom. The highest BCUT2D eigenvalue weighted by atomic mass is 16.5. The van der Waals surface area contributed by atoms with Crippen LogP contribution in [0.5, 0.6) is 11.5 Å². The van der Waals surface area contributed by atoms with Gasteiger partial charge in [0, 0.05) is 0 Å². The number of aromatic nitrogens is 3. The van der Waals surface area contributed by atoms with E-state index in [1.165, 1.54) is 0 Å². The SMILES string of the molecule is COc1ccccc1Nc1nnc(-c2ccccc2OC)[nH]1. The number of anilines is 2. The fourth-order valence-electron chi connectivity index (χ4n) is 2.16. The minimum absolute atomic E-state index is 0.533. The Kier molecular flexibility index (Phi) is 3.91. The lowest BCUT2D eigenvalue weighted by Crippen LogP contribution is -1.95. The first-order valence-corrected chi connectivity index (χ1v) is 6.78. The summed E-state index contributed by atoms with van der Waals surface area (Å²) >= 11 is 0. The van der Waals surface area contributed by atoms with Crippen molar-refractivity contribution in [1.29, 1.82) is 0 Å². The number of methoxy groups -OCH3 is 2. The lowest BCUT2D eigenvalue weighted by Gasteiger charge is -2.08. The molecule has 0 saturated carbocycles. The third-order valence-electron chi connectivity index (χ3n) is 3.21. The van der Waals surface area contributed by atoms with E-state index >= 15 is 0 Å². The molecular weight excluding hydrogens is 280 g/mol. The van der Waals surface area contributed by atoms with Crippen LogP contribution < -0.4 is 14.8 Å². The molecule has 0 unspecified atom stereocenters. The van der Waals surface area contributed by atoms with E-state index in [1.54, 1.807) is 14.2 Å². The van der Waals surface area contributed by atoms with Crippen molar-refractivity contribution in [2.75, 3.05) is 19.5 Å². The highest BCUT2D eigenvalue weighted by Gasteiger charge is 2.11. The van der Waals surface area contributed by atoms with Gasteiger partial charge in [-0.2, -0.15) is 0 Å². The summed E-state index contributed by atoms with van der Waals surface area (Å²) in [5.41, 5.74) is 1.67. The van der Waals surface area contributed by atoms with Crippen molar-refractivity contribution >= 4 is 11.6 Å². The smallest absolute Gasteiger partial charge is 0.226 e. The van der Waals surface area contributed by atoms with Crippen LogP contribution in [-0.2, 0) is 0 Å². The number of aromatic amines is 1. The minimum Gasteiger partial charge on any atom is -0.496 e. The molecule has 0 atom stereocenters. The molecule has 22 heavy (non-hydrogen) atoms. The molecule has 112 valence electrons. The molecule has 1 aromatic heterocycles. The van der Waals surface area contributed by atoms with Crippen LogP contribution in [0, 0.1) is 0 Å². The fourth-order valence-corrected chi connectivity index (χ4v) is 2.16. The van der Waals surface area contributed by atoms with E-state index in [4.69, 9.17) is 9.47 Å². The number of rotatable bonds is 5. The third kappa shape index (κ3) is 2.71. The normalized spacial score (nSPS) is 10.3. The van der Waals surface area contributed by atoms with E-state index in [-0.39, 0.29) is 0 Å². The van der Waals surface area contributed by atoms with E-state index < -0.39 is 0 Å². The van der Waals surface area contributed by atoms with Gasteiger partial charge in [-0.25, -0.2) is 0 Å². The van der Waals surface area contributed by atoms with Gasteiger partial charge in [0.25, 0.3) is 0 Å². The number of ether oxygens (including phenoxy) is 2. The van der Waals surface area contributed by atoms with Gasteiger partial charge >= 0.3 is 0 Å². The molecule has 2 N–H and O–H groups in total. The maximum Gasteiger partial charge on any atom is 0.226 e. The Balaban J connectivity index is 1.88. The summed E-state index contributed by atoms with van der Waals surface area (Å²) in [6, 6.07) is 15.2. The molecule has 0 bridgehead atoms. The number of hydrogen-bond donors (Lipinski definition) is 2. The maximum absolute atomic E-state index is 5.34. The van der Waals surface area contributed by atoms with Gasteiger partial charge < -0.3 is 19.8 Å². The second kappa shape index (κ2) is 6.17. The van der Waals surface area contributed by atoms with Crippen LogP contribution in [0.3, 0.4) is 0 Å². The quantitative estimate of drug-likeness (QED) is 0.756. The molecule has 6 nitrogen and oxygen atoms in total. The summed E-state index contributed by atoms with van der Waals surface area (Å²) in [5.74, 6) is 2.64. The average Bonchev–Trinajstić information content (AvgIpc) is 3.03. The first-order valence-electron chi connectivity index (χ1n) is 6.78. The van der Waals surface area contributed by atoms with E-state index in [0.717, 1.165) is 22.7 Å². The van der Waals surface area contributed by atoms with Gasteiger partial charge in [-0.1, -0.05) is 24.3 Å². The van der Waals surface area contributed by atoms with Crippen LogP contribution in [0.1, 0.15) is 0 Å². The molecule has 2 aromatic carbocycles. The molecule has 0 fully saturated rings. The second-order valence-electron chi connectivity index (χ2n) is 4.55. The van der Waals surface area contributed by atoms with Crippen LogP contribution in [0.15, 0.2) is 48.5 Å². The van der Waals surface area contributed by atoms with Crippen molar-refractivity contribution in [3.05, 3.63) is 48.5 Å². The molecule has 0 spiro atoms. The predicted molar refractivity (Wildman–Crippen MR) is 84.6 cm³/mol. The molecule has 3 aromatic rings. The lowest BCUT2D eigenvalue weighted by molar-refractivity contribution is 0.416. The van der Waals surface area contributed by atoms with Crippen molar-refractivity contribution in [1.82, 2.24) is 15.2 Å². The minimum atomic E-state index is 0.533. The molecule has 0 aliphatic carbocycles. The highest BCUT2D eigenvalue weighted by molar-refractivity contribution is 5.67.